The highest BCUT2D eigenvalue weighted by Crippen LogP contribution is 2.42. The quantitative estimate of drug-likeness (QED) is 0.581. The fourth-order valence-corrected chi connectivity index (χ4v) is 4.34. The van der Waals surface area contributed by atoms with Gasteiger partial charge in [-0.2, -0.15) is 10.2 Å². The molecule has 1 aliphatic heterocycles. The molecule has 142 valence electrons. The SMILES string of the molecule is Cc1ccc(-n2nccn2)c(N2CC[C@H](C)[C@H]2c2nc3c(C)cccc3[nH]2)c1. The smallest absolute Gasteiger partial charge is 0.130 e. The van der Waals surface area contributed by atoms with E-state index in [-0.39, 0.29) is 6.04 Å². The molecular formula is C22H24N6. The normalized spacial score (nSPS) is 19.6. The Kier molecular flexibility index (Phi) is 3.93. The number of hydrogen-bond acceptors (Lipinski definition) is 4. The number of nitrogens with one attached hydrogen (secondary N) is 1. The van der Waals surface area contributed by atoms with E-state index in [1.807, 2.05) is 0 Å². The topological polar surface area (TPSA) is 62.6 Å². The maximum Gasteiger partial charge on any atom is 0.130 e. The lowest BCUT2D eigenvalue weighted by atomic mass is 10.0. The zero-order chi connectivity index (χ0) is 19.3. The summed E-state index contributed by atoms with van der Waals surface area (Å²) in [7, 11) is 0. The maximum atomic E-state index is 5.00. The minimum absolute atomic E-state index is 0.197. The third-order valence-electron chi connectivity index (χ3n) is 5.79. The van der Waals surface area contributed by atoms with Crippen LogP contribution in [0.4, 0.5) is 5.69 Å². The first-order valence-corrected chi connectivity index (χ1v) is 9.81. The Morgan fingerprint density at radius 3 is 2.64 bits per heavy atom. The zero-order valence-electron chi connectivity index (χ0n) is 16.4. The van der Waals surface area contributed by atoms with Crippen LogP contribution in [-0.4, -0.2) is 31.5 Å². The number of H-pyrrole nitrogens is 1. The van der Waals surface area contributed by atoms with Crippen molar-refractivity contribution in [3.8, 4) is 5.69 Å². The van der Waals surface area contributed by atoms with Crippen LogP contribution >= 0.6 is 0 Å². The number of aryl methyl sites for hydroxylation is 2. The van der Waals surface area contributed by atoms with Crippen molar-refractivity contribution in [2.24, 2.45) is 5.92 Å². The molecule has 5 rings (SSSR count). The third kappa shape index (κ3) is 2.68. The van der Waals surface area contributed by atoms with Gasteiger partial charge in [0.1, 0.15) is 11.5 Å². The molecule has 0 amide bonds. The first kappa shape index (κ1) is 17.0. The number of benzene rings is 2. The van der Waals surface area contributed by atoms with Crippen LogP contribution in [0, 0.1) is 19.8 Å². The van der Waals surface area contributed by atoms with Crippen LogP contribution < -0.4 is 4.90 Å². The Morgan fingerprint density at radius 1 is 1.04 bits per heavy atom. The van der Waals surface area contributed by atoms with Crippen LogP contribution in [0.1, 0.15) is 36.3 Å². The van der Waals surface area contributed by atoms with E-state index in [9.17, 15) is 0 Å². The first-order valence-electron chi connectivity index (χ1n) is 9.81. The molecule has 1 saturated heterocycles. The van der Waals surface area contributed by atoms with E-state index in [1.165, 1.54) is 11.1 Å². The number of para-hydroxylation sites is 1. The van der Waals surface area contributed by atoms with Crippen molar-refractivity contribution < 1.29 is 0 Å². The fraction of sp³-hybridized carbons (Fsp3) is 0.318. The molecule has 6 heteroatoms. The zero-order valence-corrected chi connectivity index (χ0v) is 16.4. The van der Waals surface area contributed by atoms with Gasteiger partial charge in [0.2, 0.25) is 0 Å². The third-order valence-corrected chi connectivity index (χ3v) is 5.79. The van der Waals surface area contributed by atoms with Gasteiger partial charge >= 0.3 is 0 Å². The van der Waals surface area contributed by atoms with Crippen molar-refractivity contribution in [1.29, 1.82) is 0 Å². The number of aromatic amines is 1. The van der Waals surface area contributed by atoms with Gasteiger partial charge in [0.25, 0.3) is 0 Å². The van der Waals surface area contributed by atoms with Crippen LogP contribution in [0.2, 0.25) is 0 Å². The van der Waals surface area contributed by atoms with Crippen molar-refractivity contribution in [1.82, 2.24) is 25.0 Å². The second-order valence-electron chi connectivity index (χ2n) is 7.81. The van der Waals surface area contributed by atoms with Crippen LogP contribution in [0.25, 0.3) is 16.7 Å². The Hall–Kier alpha value is -3.15. The summed E-state index contributed by atoms with van der Waals surface area (Å²) in [5.74, 6) is 1.54. The summed E-state index contributed by atoms with van der Waals surface area (Å²) in [5.41, 5.74) is 6.76. The van der Waals surface area contributed by atoms with Crippen molar-refractivity contribution in [2.75, 3.05) is 11.4 Å². The van der Waals surface area contributed by atoms with E-state index in [2.05, 4.69) is 77.3 Å². The van der Waals surface area contributed by atoms with Gasteiger partial charge in [0, 0.05) is 6.54 Å². The largest absolute Gasteiger partial charge is 0.359 e. The van der Waals surface area contributed by atoms with E-state index in [4.69, 9.17) is 4.98 Å². The number of nitrogens with zero attached hydrogens (tertiary/aromatic N) is 5. The van der Waals surface area contributed by atoms with Crippen LogP contribution in [-0.2, 0) is 0 Å². The van der Waals surface area contributed by atoms with Gasteiger partial charge in [-0.1, -0.05) is 25.1 Å². The number of hydrogen-bond donors (Lipinski definition) is 1. The lowest BCUT2D eigenvalue weighted by Crippen LogP contribution is -2.27. The minimum Gasteiger partial charge on any atom is -0.359 e. The summed E-state index contributed by atoms with van der Waals surface area (Å²) in [6.45, 7) is 7.54. The molecule has 0 unspecified atom stereocenters. The van der Waals surface area contributed by atoms with Gasteiger partial charge in [0.05, 0.1) is 35.2 Å². The highest BCUT2D eigenvalue weighted by molar-refractivity contribution is 5.79. The van der Waals surface area contributed by atoms with Crippen molar-refractivity contribution >= 4 is 16.7 Å². The average Bonchev–Trinajstić information content (AvgIpc) is 3.41. The number of rotatable bonds is 3. The number of aromatic nitrogens is 5. The molecule has 0 bridgehead atoms. The predicted molar refractivity (Wildman–Crippen MR) is 111 cm³/mol. The Balaban J connectivity index is 1.64. The average molecular weight is 372 g/mol. The molecule has 2 aromatic carbocycles. The number of anilines is 1. The van der Waals surface area contributed by atoms with Crippen LogP contribution in [0.3, 0.4) is 0 Å². The summed E-state index contributed by atoms with van der Waals surface area (Å²) < 4.78 is 0. The molecule has 3 heterocycles. The molecule has 0 spiro atoms. The number of imidazole rings is 1. The van der Waals surface area contributed by atoms with Crippen molar-refractivity contribution in [3.05, 3.63) is 65.7 Å². The lowest BCUT2D eigenvalue weighted by molar-refractivity contribution is 0.513. The maximum absolute atomic E-state index is 5.00. The summed E-state index contributed by atoms with van der Waals surface area (Å²) in [4.78, 5) is 12.8. The van der Waals surface area contributed by atoms with Gasteiger partial charge in [-0.05, 0) is 55.5 Å². The second-order valence-corrected chi connectivity index (χ2v) is 7.81. The molecule has 2 aromatic heterocycles. The summed E-state index contributed by atoms with van der Waals surface area (Å²) in [6.07, 6.45) is 4.56. The Labute approximate surface area is 164 Å². The molecule has 28 heavy (non-hydrogen) atoms. The van der Waals surface area contributed by atoms with E-state index >= 15 is 0 Å². The molecule has 1 N–H and O–H groups in total. The first-order chi connectivity index (χ1) is 13.6. The summed E-state index contributed by atoms with van der Waals surface area (Å²) in [5, 5.41) is 8.73. The van der Waals surface area contributed by atoms with E-state index in [0.717, 1.165) is 41.2 Å². The Morgan fingerprint density at radius 2 is 1.86 bits per heavy atom. The van der Waals surface area contributed by atoms with Gasteiger partial charge in [-0.25, -0.2) is 4.98 Å². The van der Waals surface area contributed by atoms with Gasteiger partial charge in [-0.15, -0.1) is 4.80 Å². The molecule has 2 atom stereocenters. The van der Waals surface area contributed by atoms with Crippen molar-refractivity contribution in [2.45, 2.75) is 33.2 Å². The lowest BCUT2D eigenvalue weighted by Gasteiger charge is -2.29. The molecule has 0 radical (unpaired) electrons. The molecule has 6 nitrogen and oxygen atoms in total. The van der Waals surface area contributed by atoms with Crippen LogP contribution in [0.15, 0.2) is 48.8 Å². The van der Waals surface area contributed by atoms with Crippen molar-refractivity contribution in [3.63, 3.8) is 0 Å². The van der Waals surface area contributed by atoms with Gasteiger partial charge < -0.3 is 9.88 Å². The second kappa shape index (κ2) is 6.48. The van der Waals surface area contributed by atoms with Crippen LogP contribution in [0.5, 0.6) is 0 Å². The monoisotopic (exact) mass is 372 g/mol. The molecule has 1 fully saturated rings. The van der Waals surface area contributed by atoms with E-state index in [0.29, 0.717) is 5.92 Å². The van der Waals surface area contributed by atoms with Gasteiger partial charge in [0.15, 0.2) is 0 Å². The highest BCUT2D eigenvalue weighted by atomic mass is 15.5. The standard InChI is InChI=1S/C22H24N6/c1-14-7-8-18(28-23-10-11-24-28)19(13-14)27-12-9-16(3)21(27)22-25-17-6-4-5-15(2)20(17)26-22/h4-8,10-11,13,16,21H,9,12H2,1-3H3,(H,25,26)/t16-,21-/m0/s1. The highest BCUT2D eigenvalue weighted by Gasteiger charge is 2.36. The molecular weight excluding hydrogens is 348 g/mol. The number of fused-ring (bicyclic) bond motifs is 1. The summed E-state index contributed by atoms with van der Waals surface area (Å²) >= 11 is 0. The minimum atomic E-state index is 0.197. The van der Waals surface area contributed by atoms with E-state index < -0.39 is 0 Å². The van der Waals surface area contributed by atoms with Gasteiger partial charge in [-0.3, -0.25) is 0 Å². The molecule has 4 aromatic rings. The predicted octanol–water partition coefficient (Wildman–Crippen LogP) is 4.35. The Bertz CT molecular complexity index is 1130. The molecule has 0 saturated carbocycles. The molecule has 0 aliphatic carbocycles. The molecule has 1 aliphatic rings. The van der Waals surface area contributed by atoms with E-state index in [1.54, 1.807) is 17.2 Å². The summed E-state index contributed by atoms with van der Waals surface area (Å²) in [6, 6.07) is 13.0. The fourth-order valence-electron chi connectivity index (χ4n) is 4.34.